The molecule has 110 valence electrons. The van der Waals surface area contributed by atoms with Crippen molar-refractivity contribution in [1.29, 1.82) is 0 Å². The number of nitrogens with one attached hydrogen (secondary N) is 1. The molecule has 0 amide bonds. The Hall–Kier alpha value is -2.41. The van der Waals surface area contributed by atoms with Crippen molar-refractivity contribution in [3.63, 3.8) is 0 Å². The van der Waals surface area contributed by atoms with Crippen molar-refractivity contribution >= 4 is 5.97 Å². The lowest BCUT2D eigenvalue weighted by molar-refractivity contribution is 0.0658. The minimum atomic E-state index is -1.08. The maximum absolute atomic E-state index is 12.0. The topological polar surface area (TPSA) is 99.4 Å². The fourth-order valence-electron chi connectivity index (χ4n) is 2.54. The smallest absolute Gasteiger partial charge is 0.371 e. The number of hydrogen-bond donors (Lipinski definition) is 2. The molecule has 3 heterocycles. The van der Waals surface area contributed by atoms with E-state index in [1.807, 2.05) is 4.90 Å². The Morgan fingerprint density at radius 2 is 2.33 bits per heavy atom. The number of aromatic nitrogens is 2. The Kier molecular flexibility index (Phi) is 3.34. The minimum absolute atomic E-state index is 0.0717. The molecular weight excluding hydrogens is 274 g/mol. The van der Waals surface area contributed by atoms with Crippen LogP contribution in [0.2, 0.25) is 0 Å². The number of rotatable bonds is 3. The summed E-state index contributed by atoms with van der Waals surface area (Å²) in [6.45, 7) is 3.48. The van der Waals surface area contributed by atoms with Gasteiger partial charge in [0.25, 0.3) is 5.56 Å². The first-order valence-electron chi connectivity index (χ1n) is 6.66. The Morgan fingerprint density at radius 1 is 1.52 bits per heavy atom. The normalized spacial score (nSPS) is 14.9. The molecular formula is C14H15N3O4. The Balaban J connectivity index is 1.77. The van der Waals surface area contributed by atoms with E-state index in [1.165, 1.54) is 6.07 Å². The fraction of sp³-hybridized carbons (Fsp3) is 0.357. The number of hydrogen-bond acceptors (Lipinski definition) is 5. The SMILES string of the molecule is Cc1nc2c(c(=O)[nH]1)CN(Cc1ccc(C(=O)O)o1)CC2. The molecule has 0 radical (unpaired) electrons. The van der Waals surface area contributed by atoms with Crippen molar-refractivity contribution < 1.29 is 14.3 Å². The third-order valence-electron chi connectivity index (χ3n) is 3.52. The highest BCUT2D eigenvalue weighted by molar-refractivity contribution is 5.84. The summed E-state index contributed by atoms with van der Waals surface area (Å²) in [5, 5.41) is 8.84. The first-order valence-corrected chi connectivity index (χ1v) is 6.66. The highest BCUT2D eigenvalue weighted by atomic mass is 16.4. The first-order chi connectivity index (χ1) is 10.0. The Morgan fingerprint density at radius 3 is 3.05 bits per heavy atom. The first kappa shape index (κ1) is 13.6. The Labute approximate surface area is 120 Å². The van der Waals surface area contributed by atoms with E-state index >= 15 is 0 Å². The van der Waals surface area contributed by atoms with Crippen LogP contribution >= 0.6 is 0 Å². The highest BCUT2D eigenvalue weighted by Crippen LogP contribution is 2.17. The molecule has 1 aliphatic heterocycles. The van der Waals surface area contributed by atoms with Gasteiger partial charge in [0.15, 0.2) is 0 Å². The second-order valence-electron chi connectivity index (χ2n) is 5.11. The van der Waals surface area contributed by atoms with Crippen LogP contribution in [0.3, 0.4) is 0 Å². The lowest BCUT2D eigenvalue weighted by atomic mass is 10.1. The minimum Gasteiger partial charge on any atom is -0.475 e. The van der Waals surface area contributed by atoms with Gasteiger partial charge in [-0.2, -0.15) is 0 Å². The van der Waals surface area contributed by atoms with Crippen molar-refractivity contribution in [3.05, 3.63) is 51.1 Å². The zero-order valence-corrected chi connectivity index (χ0v) is 11.5. The lowest BCUT2D eigenvalue weighted by Gasteiger charge is -2.26. The number of carbonyl (C=O) groups is 1. The van der Waals surface area contributed by atoms with Gasteiger partial charge in [0.05, 0.1) is 17.8 Å². The Bertz CT molecular complexity index is 747. The summed E-state index contributed by atoms with van der Waals surface area (Å²) in [7, 11) is 0. The predicted octanol–water partition coefficient (Wildman–Crippen LogP) is 0.928. The summed E-state index contributed by atoms with van der Waals surface area (Å²) in [6.07, 6.45) is 0.701. The van der Waals surface area contributed by atoms with Gasteiger partial charge >= 0.3 is 5.97 Å². The second kappa shape index (κ2) is 5.17. The number of furan rings is 1. The third-order valence-corrected chi connectivity index (χ3v) is 3.52. The van der Waals surface area contributed by atoms with Gasteiger partial charge < -0.3 is 14.5 Å². The largest absolute Gasteiger partial charge is 0.475 e. The number of aromatic carboxylic acids is 1. The molecule has 0 unspecified atom stereocenters. The van der Waals surface area contributed by atoms with Crippen molar-refractivity contribution in [1.82, 2.24) is 14.9 Å². The van der Waals surface area contributed by atoms with Crippen molar-refractivity contribution in [3.8, 4) is 0 Å². The molecule has 0 saturated heterocycles. The second-order valence-corrected chi connectivity index (χ2v) is 5.11. The van der Waals surface area contributed by atoms with E-state index in [2.05, 4.69) is 9.97 Å². The molecule has 0 atom stereocenters. The predicted molar refractivity (Wildman–Crippen MR) is 73.1 cm³/mol. The molecule has 0 saturated carbocycles. The molecule has 3 rings (SSSR count). The van der Waals surface area contributed by atoms with Crippen LogP contribution in [0.25, 0.3) is 0 Å². The van der Waals surface area contributed by atoms with Gasteiger partial charge in [0.1, 0.15) is 11.6 Å². The van der Waals surface area contributed by atoms with E-state index in [4.69, 9.17) is 9.52 Å². The fourth-order valence-corrected chi connectivity index (χ4v) is 2.54. The maximum Gasteiger partial charge on any atom is 0.371 e. The highest BCUT2D eigenvalue weighted by Gasteiger charge is 2.21. The van der Waals surface area contributed by atoms with Gasteiger partial charge in [-0.1, -0.05) is 0 Å². The van der Waals surface area contributed by atoms with Crippen LogP contribution in [0.1, 0.15) is 33.4 Å². The van der Waals surface area contributed by atoms with E-state index in [0.29, 0.717) is 36.7 Å². The van der Waals surface area contributed by atoms with Gasteiger partial charge in [-0.05, 0) is 19.1 Å². The average Bonchev–Trinajstić information content (AvgIpc) is 2.88. The van der Waals surface area contributed by atoms with Crippen molar-refractivity contribution in [2.45, 2.75) is 26.4 Å². The number of aryl methyl sites for hydroxylation is 1. The number of H-pyrrole nitrogens is 1. The maximum atomic E-state index is 12.0. The van der Waals surface area contributed by atoms with Crippen molar-refractivity contribution in [2.24, 2.45) is 0 Å². The number of carboxylic acid groups (broad SMARTS) is 1. The molecule has 0 aliphatic carbocycles. The van der Waals surface area contributed by atoms with E-state index in [0.717, 1.165) is 12.2 Å². The van der Waals surface area contributed by atoms with Gasteiger partial charge in [0, 0.05) is 19.5 Å². The summed E-state index contributed by atoms with van der Waals surface area (Å²) >= 11 is 0. The van der Waals surface area contributed by atoms with Crippen molar-refractivity contribution in [2.75, 3.05) is 6.54 Å². The van der Waals surface area contributed by atoms with E-state index < -0.39 is 5.97 Å². The van der Waals surface area contributed by atoms with Gasteiger partial charge in [0.2, 0.25) is 5.76 Å². The van der Waals surface area contributed by atoms with E-state index in [-0.39, 0.29) is 11.3 Å². The van der Waals surface area contributed by atoms with E-state index in [9.17, 15) is 9.59 Å². The van der Waals surface area contributed by atoms with E-state index in [1.54, 1.807) is 13.0 Å². The number of fused-ring (bicyclic) bond motifs is 1. The molecule has 21 heavy (non-hydrogen) atoms. The third kappa shape index (κ3) is 2.73. The monoisotopic (exact) mass is 289 g/mol. The molecule has 0 aromatic carbocycles. The van der Waals surface area contributed by atoms with Crippen LogP contribution in [0, 0.1) is 6.92 Å². The quantitative estimate of drug-likeness (QED) is 0.872. The van der Waals surface area contributed by atoms with Crippen LogP contribution in [-0.4, -0.2) is 32.5 Å². The molecule has 2 aromatic rings. The van der Waals surface area contributed by atoms with Crippen LogP contribution < -0.4 is 5.56 Å². The van der Waals surface area contributed by atoms with Crippen LogP contribution in [0.5, 0.6) is 0 Å². The molecule has 0 bridgehead atoms. The number of nitrogens with zero attached hydrogens (tertiary/aromatic N) is 2. The molecule has 1 aliphatic rings. The average molecular weight is 289 g/mol. The summed E-state index contributed by atoms with van der Waals surface area (Å²) in [4.78, 5) is 31.8. The molecule has 0 spiro atoms. The molecule has 2 N–H and O–H groups in total. The van der Waals surface area contributed by atoms with Gasteiger partial charge in [-0.25, -0.2) is 9.78 Å². The summed E-state index contributed by atoms with van der Waals surface area (Å²) in [6, 6.07) is 3.09. The lowest BCUT2D eigenvalue weighted by Crippen LogP contribution is -2.35. The molecule has 2 aromatic heterocycles. The standard InChI is InChI=1S/C14H15N3O4/c1-8-15-11-4-5-17(7-10(11)13(18)16-8)6-9-2-3-12(21-9)14(19)20/h2-3H,4-7H2,1H3,(H,19,20)(H,15,16,18). The molecule has 7 nitrogen and oxygen atoms in total. The zero-order chi connectivity index (χ0) is 15.0. The number of carboxylic acids is 1. The van der Waals surface area contributed by atoms with Gasteiger partial charge in [-0.15, -0.1) is 0 Å². The van der Waals surface area contributed by atoms with Crippen LogP contribution in [0.15, 0.2) is 21.3 Å². The summed E-state index contributed by atoms with van der Waals surface area (Å²) in [5.74, 6) is 0.0515. The number of aromatic amines is 1. The summed E-state index contributed by atoms with van der Waals surface area (Å²) < 4.78 is 5.24. The summed E-state index contributed by atoms with van der Waals surface area (Å²) in [5.41, 5.74) is 1.42. The van der Waals surface area contributed by atoms with Crippen LogP contribution in [0.4, 0.5) is 0 Å². The molecule has 0 fully saturated rings. The van der Waals surface area contributed by atoms with Gasteiger partial charge in [-0.3, -0.25) is 9.69 Å². The zero-order valence-electron chi connectivity index (χ0n) is 11.5. The van der Waals surface area contributed by atoms with Crippen LogP contribution in [-0.2, 0) is 19.5 Å². The molecule has 7 heteroatoms.